The molecule has 0 aromatic rings. The third-order valence-corrected chi connectivity index (χ3v) is 5.92. The van der Waals surface area contributed by atoms with Crippen molar-refractivity contribution in [3.05, 3.63) is 23.8 Å². The maximum Gasteiger partial charge on any atom is 0.0423 e. The molecule has 18 heavy (non-hydrogen) atoms. The molecule has 2 fully saturated rings. The molecular formula is C17H23N. The van der Waals surface area contributed by atoms with E-state index in [1.165, 1.54) is 44.2 Å². The van der Waals surface area contributed by atoms with E-state index in [9.17, 15) is 0 Å². The summed E-state index contributed by atoms with van der Waals surface area (Å²) in [6.45, 7) is 3.51. The average molecular weight is 241 g/mol. The van der Waals surface area contributed by atoms with Gasteiger partial charge in [-0.1, -0.05) is 38.0 Å². The number of rotatable bonds is 0. The summed E-state index contributed by atoms with van der Waals surface area (Å²) in [5, 5.41) is 0. The third kappa shape index (κ3) is 1.42. The van der Waals surface area contributed by atoms with Gasteiger partial charge >= 0.3 is 0 Å². The summed E-state index contributed by atoms with van der Waals surface area (Å²) in [4.78, 5) is 5.03. The van der Waals surface area contributed by atoms with Gasteiger partial charge in [-0.25, -0.2) is 0 Å². The monoisotopic (exact) mass is 241 g/mol. The van der Waals surface area contributed by atoms with Gasteiger partial charge in [-0.2, -0.15) is 0 Å². The van der Waals surface area contributed by atoms with Gasteiger partial charge in [0.05, 0.1) is 0 Å². The van der Waals surface area contributed by atoms with Crippen molar-refractivity contribution in [2.75, 3.05) is 6.54 Å². The molecule has 4 atom stereocenters. The first-order valence-electron chi connectivity index (χ1n) is 7.73. The highest BCUT2D eigenvalue weighted by molar-refractivity contribution is 6.05. The lowest BCUT2D eigenvalue weighted by Crippen LogP contribution is -2.43. The first-order chi connectivity index (χ1) is 8.78. The second kappa shape index (κ2) is 3.82. The molecule has 1 unspecified atom stereocenters. The maximum absolute atomic E-state index is 5.03. The van der Waals surface area contributed by atoms with E-state index >= 15 is 0 Å². The highest BCUT2D eigenvalue weighted by atomic mass is 14.8. The maximum atomic E-state index is 5.03. The van der Waals surface area contributed by atoms with E-state index in [0.29, 0.717) is 5.41 Å². The highest BCUT2D eigenvalue weighted by Gasteiger charge is 2.46. The first-order valence-corrected chi connectivity index (χ1v) is 7.73. The lowest BCUT2D eigenvalue weighted by atomic mass is 9.60. The van der Waals surface area contributed by atoms with Gasteiger partial charge < -0.3 is 0 Å². The van der Waals surface area contributed by atoms with Gasteiger partial charge in [0.15, 0.2) is 0 Å². The van der Waals surface area contributed by atoms with Gasteiger partial charge in [0.25, 0.3) is 0 Å². The lowest BCUT2D eigenvalue weighted by Gasteiger charge is -2.47. The van der Waals surface area contributed by atoms with E-state index in [1.54, 1.807) is 5.57 Å². The van der Waals surface area contributed by atoms with Crippen molar-refractivity contribution < 1.29 is 0 Å². The topological polar surface area (TPSA) is 12.4 Å². The van der Waals surface area contributed by atoms with Crippen LogP contribution in [0.2, 0.25) is 0 Å². The molecule has 1 aliphatic heterocycles. The Labute approximate surface area is 110 Å². The van der Waals surface area contributed by atoms with Gasteiger partial charge in [0, 0.05) is 23.6 Å². The van der Waals surface area contributed by atoms with Crippen molar-refractivity contribution in [3.8, 4) is 0 Å². The molecule has 0 amide bonds. The summed E-state index contributed by atoms with van der Waals surface area (Å²) in [6.07, 6.45) is 15.5. The van der Waals surface area contributed by atoms with E-state index in [4.69, 9.17) is 4.99 Å². The molecule has 0 saturated heterocycles. The van der Waals surface area contributed by atoms with Gasteiger partial charge in [-0.3, -0.25) is 4.99 Å². The summed E-state index contributed by atoms with van der Waals surface area (Å²) < 4.78 is 0. The van der Waals surface area contributed by atoms with Crippen LogP contribution < -0.4 is 0 Å². The van der Waals surface area contributed by atoms with Gasteiger partial charge in [-0.15, -0.1) is 0 Å². The SMILES string of the molecule is C[C@@]12C=CC=C1C1=NCC3CCCC[C@@H]3[C@H]1CC2. The molecule has 3 aliphatic carbocycles. The summed E-state index contributed by atoms with van der Waals surface area (Å²) in [5.74, 6) is 2.66. The number of aliphatic imine (C=N–C) groups is 1. The Hall–Kier alpha value is -0.850. The Morgan fingerprint density at radius 3 is 3.06 bits per heavy atom. The van der Waals surface area contributed by atoms with E-state index in [-0.39, 0.29) is 0 Å². The minimum absolute atomic E-state index is 0.316. The van der Waals surface area contributed by atoms with Crippen LogP contribution in [0, 0.1) is 23.2 Å². The third-order valence-electron chi connectivity index (χ3n) is 5.92. The Balaban J connectivity index is 1.71. The Bertz CT molecular complexity index is 456. The summed E-state index contributed by atoms with van der Waals surface area (Å²) >= 11 is 0. The number of nitrogens with zero attached hydrogens (tertiary/aromatic N) is 1. The summed E-state index contributed by atoms with van der Waals surface area (Å²) in [5.41, 5.74) is 3.37. The fraction of sp³-hybridized carbons (Fsp3) is 0.706. The molecule has 0 aromatic heterocycles. The molecule has 4 aliphatic rings. The molecular weight excluding hydrogens is 218 g/mol. The van der Waals surface area contributed by atoms with Crippen molar-refractivity contribution in [1.82, 2.24) is 0 Å². The fourth-order valence-corrected chi connectivity index (χ4v) is 4.85. The number of fused-ring (bicyclic) bond motifs is 5. The number of hydrogen-bond acceptors (Lipinski definition) is 1. The largest absolute Gasteiger partial charge is 0.289 e. The average Bonchev–Trinajstić information content (AvgIpc) is 2.80. The molecule has 1 nitrogen and oxygen atoms in total. The Morgan fingerprint density at radius 2 is 2.11 bits per heavy atom. The van der Waals surface area contributed by atoms with Crippen LogP contribution in [0.4, 0.5) is 0 Å². The van der Waals surface area contributed by atoms with E-state index in [1.807, 2.05) is 0 Å². The zero-order valence-corrected chi connectivity index (χ0v) is 11.4. The first kappa shape index (κ1) is 11.0. The number of allylic oxidation sites excluding steroid dienone is 4. The smallest absolute Gasteiger partial charge is 0.0423 e. The van der Waals surface area contributed by atoms with Crippen molar-refractivity contribution in [2.45, 2.75) is 45.4 Å². The second-order valence-electron chi connectivity index (χ2n) is 6.94. The molecule has 0 radical (unpaired) electrons. The molecule has 4 rings (SSSR count). The molecule has 0 spiro atoms. The Kier molecular flexibility index (Phi) is 2.34. The second-order valence-corrected chi connectivity index (χ2v) is 6.94. The standard InChI is InChI=1S/C17H23N/c1-17-9-4-7-15(17)16-14(8-10-17)13-6-3-2-5-12(13)11-18-16/h4,7,9,12-14H,2-3,5-6,8,10-11H2,1H3/t12?,13-,14+,17-/m0/s1. The van der Waals surface area contributed by atoms with Crippen LogP contribution in [0.15, 0.2) is 28.8 Å². The van der Waals surface area contributed by atoms with Crippen LogP contribution in [-0.2, 0) is 0 Å². The molecule has 0 aromatic carbocycles. The summed E-state index contributed by atoms with van der Waals surface area (Å²) in [6, 6.07) is 0. The van der Waals surface area contributed by atoms with Gasteiger partial charge in [0.2, 0.25) is 0 Å². The zero-order valence-electron chi connectivity index (χ0n) is 11.4. The minimum atomic E-state index is 0.316. The minimum Gasteiger partial charge on any atom is -0.289 e. The zero-order chi connectivity index (χ0) is 12.2. The molecule has 2 saturated carbocycles. The van der Waals surface area contributed by atoms with Gasteiger partial charge in [0.1, 0.15) is 0 Å². The van der Waals surface area contributed by atoms with Crippen LogP contribution in [0.25, 0.3) is 0 Å². The van der Waals surface area contributed by atoms with E-state index < -0.39 is 0 Å². The van der Waals surface area contributed by atoms with Crippen molar-refractivity contribution in [1.29, 1.82) is 0 Å². The predicted octanol–water partition coefficient (Wildman–Crippen LogP) is 4.16. The van der Waals surface area contributed by atoms with Crippen molar-refractivity contribution in [2.24, 2.45) is 28.2 Å². The van der Waals surface area contributed by atoms with Gasteiger partial charge in [-0.05, 0) is 43.1 Å². The lowest BCUT2D eigenvalue weighted by molar-refractivity contribution is 0.169. The van der Waals surface area contributed by atoms with Crippen LogP contribution >= 0.6 is 0 Å². The Morgan fingerprint density at radius 1 is 1.22 bits per heavy atom. The quantitative estimate of drug-likeness (QED) is 0.604. The van der Waals surface area contributed by atoms with E-state index in [2.05, 4.69) is 25.2 Å². The molecule has 0 N–H and O–H groups in total. The fourth-order valence-electron chi connectivity index (χ4n) is 4.85. The molecule has 96 valence electrons. The normalized spacial score (nSPS) is 45.7. The molecule has 1 heteroatoms. The summed E-state index contributed by atoms with van der Waals surface area (Å²) in [7, 11) is 0. The highest BCUT2D eigenvalue weighted by Crippen LogP contribution is 2.51. The van der Waals surface area contributed by atoms with Crippen LogP contribution in [0.3, 0.4) is 0 Å². The van der Waals surface area contributed by atoms with E-state index in [0.717, 1.165) is 24.3 Å². The molecule has 0 bridgehead atoms. The van der Waals surface area contributed by atoms with Crippen molar-refractivity contribution in [3.63, 3.8) is 0 Å². The van der Waals surface area contributed by atoms with Crippen LogP contribution in [0.1, 0.15) is 45.4 Å². The predicted molar refractivity (Wildman–Crippen MR) is 75.8 cm³/mol. The molecule has 1 heterocycles. The number of hydrogen-bond donors (Lipinski definition) is 0. The van der Waals surface area contributed by atoms with Crippen LogP contribution in [0.5, 0.6) is 0 Å². The van der Waals surface area contributed by atoms with Crippen molar-refractivity contribution >= 4 is 5.71 Å². The van der Waals surface area contributed by atoms with Crippen LogP contribution in [-0.4, -0.2) is 12.3 Å².